The summed E-state index contributed by atoms with van der Waals surface area (Å²) in [4.78, 5) is 0. The van der Waals surface area contributed by atoms with Gasteiger partial charge in [0.1, 0.15) is 0 Å². The standard InChI is InChI=1S/C23H14BrN/c24-21-12-10-16(11-13-21)20(15-25)14-19-6-3-5-18-9-8-17-4-1-2-7-22(17)23(18)19/h1-14H/b20-14+. The maximum atomic E-state index is 9.67. The van der Waals surface area contributed by atoms with Crippen LogP contribution in [0, 0.1) is 11.3 Å². The van der Waals surface area contributed by atoms with E-state index in [4.69, 9.17) is 0 Å². The predicted octanol–water partition coefficient (Wildman–Crippen LogP) is 6.82. The number of allylic oxidation sites excluding steroid dienone is 1. The molecule has 0 heterocycles. The van der Waals surface area contributed by atoms with Crippen LogP contribution in [0.3, 0.4) is 0 Å². The van der Waals surface area contributed by atoms with E-state index in [9.17, 15) is 5.26 Å². The molecule has 0 fully saturated rings. The van der Waals surface area contributed by atoms with Gasteiger partial charge in [-0.05, 0) is 50.9 Å². The Morgan fingerprint density at radius 2 is 1.52 bits per heavy atom. The van der Waals surface area contributed by atoms with Gasteiger partial charge in [-0.2, -0.15) is 5.26 Å². The maximum Gasteiger partial charge on any atom is 0.0998 e. The van der Waals surface area contributed by atoms with Crippen LogP contribution in [0.25, 0.3) is 33.2 Å². The molecular weight excluding hydrogens is 370 g/mol. The van der Waals surface area contributed by atoms with Crippen LogP contribution in [0.15, 0.2) is 83.3 Å². The summed E-state index contributed by atoms with van der Waals surface area (Å²) in [6.07, 6.45) is 1.98. The molecule has 0 atom stereocenters. The van der Waals surface area contributed by atoms with Gasteiger partial charge >= 0.3 is 0 Å². The summed E-state index contributed by atoms with van der Waals surface area (Å²) in [5, 5.41) is 14.4. The average Bonchev–Trinajstić information content (AvgIpc) is 2.66. The van der Waals surface area contributed by atoms with Crippen LogP contribution >= 0.6 is 15.9 Å². The van der Waals surface area contributed by atoms with Crippen molar-refractivity contribution in [3.05, 3.63) is 94.5 Å². The van der Waals surface area contributed by atoms with Crippen LogP contribution < -0.4 is 0 Å². The van der Waals surface area contributed by atoms with Crippen LogP contribution in [0.2, 0.25) is 0 Å². The Balaban J connectivity index is 1.98. The third-order valence-electron chi connectivity index (χ3n) is 4.38. The van der Waals surface area contributed by atoms with Gasteiger partial charge in [-0.25, -0.2) is 0 Å². The SMILES string of the molecule is N#C/C(=C\c1cccc2ccc3ccccc3c12)c1ccc(Br)cc1. The molecule has 4 rings (SSSR count). The van der Waals surface area contributed by atoms with E-state index >= 15 is 0 Å². The van der Waals surface area contributed by atoms with Crippen molar-refractivity contribution in [2.24, 2.45) is 0 Å². The van der Waals surface area contributed by atoms with Gasteiger partial charge in [0, 0.05) is 4.47 Å². The van der Waals surface area contributed by atoms with Crippen molar-refractivity contribution in [3.63, 3.8) is 0 Å². The number of nitriles is 1. The average molecular weight is 384 g/mol. The van der Waals surface area contributed by atoms with E-state index in [2.05, 4.69) is 70.5 Å². The molecule has 0 aliphatic rings. The number of hydrogen-bond acceptors (Lipinski definition) is 1. The molecule has 0 saturated heterocycles. The van der Waals surface area contributed by atoms with Gasteiger partial charge in [0.2, 0.25) is 0 Å². The Hall–Kier alpha value is -2.89. The fourth-order valence-electron chi connectivity index (χ4n) is 3.17. The molecule has 0 radical (unpaired) electrons. The zero-order chi connectivity index (χ0) is 17.2. The fourth-order valence-corrected chi connectivity index (χ4v) is 3.44. The van der Waals surface area contributed by atoms with E-state index in [1.54, 1.807) is 0 Å². The second kappa shape index (κ2) is 6.55. The molecule has 0 saturated carbocycles. The predicted molar refractivity (Wildman–Crippen MR) is 109 cm³/mol. The minimum atomic E-state index is 0.660. The van der Waals surface area contributed by atoms with Crippen LogP contribution in [0.1, 0.15) is 11.1 Å². The minimum absolute atomic E-state index is 0.660. The van der Waals surface area contributed by atoms with Crippen molar-refractivity contribution in [2.45, 2.75) is 0 Å². The van der Waals surface area contributed by atoms with Crippen molar-refractivity contribution < 1.29 is 0 Å². The lowest BCUT2D eigenvalue weighted by molar-refractivity contribution is 1.52. The van der Waals surface area contributed by atoms with Crippen LogP contribution in [0.4, 0.5) is 0 Å². The van der Waals surface area contributed by atoms with Crippen LogP contribution in [0.5, 0.6) is 0 Å². The zero-order valence-corrected chi connectivity index (χ0v) is 15.0. The molecule has 4 aromatic carbocycles. The molecule has 0 aliphatic carbocycles. The highest BCUT2D eigenvalue weighted by molar-refractivity contribution is 9.10. The van der Waals surface area contributed by atoms with Crippen molar-refractivity contribution >= 4 is 49.1 Å². The molecular formula is C23H14BrN. The first-order valence-corrected chi connectivity index (χ1v) is 8.84. The summed E-state index contributed by atoms with van der Waals surface area (Å²) in [5.41, 5.74) is 2.64. The van der Waals surface area contributed by atoms with E-state index in [0.717, 1.165) is 15.6 Å². The van der Waals surface area contributed by atoms with Gasteiger partial charge < -0.3 is 0 Å². The summed E-state index contributed by atoms with van der Waals surface area (Å²) < 4.78 is 1.00. The summed E-state index contributed by atoms with van der Waals surface area (Å²) in [6, 6.07) is 29.1. The molecule has 0 unspecified atom stereocenters. The molecule has 0 amide bonds. The first-order chi connectivity index (χ1) is 12.3. The largest absolute Gasteiger partial charge is 0.192 e. The first-order valence-electron chi connectivity index (χ1n) is 8.04. The minimum Gasteiger partial charge on any atom is -0.192 e. The van der Waals surface area contributed by atoms with Crippen LogP contribution in [-0.2, 0) is 0 Å². The molecule has 2 heteroatoms. The molecule has 0 aliphatic heterocycles. The molecule has 0 N–H and O–H groups in total. The lowest BCUT2D eigenvalue weighted by Crippen LogP contribution is -1.85. The van der Waals surface area contributed by atoms with Gasteiger partial charge in [0.25, 0.3) is 0 Å². The number of nitrogens with zero attached hydrogens (tertiary/aromatic N) is 1. The highest BCUT2D eigenvalue weighted by atomic mass is 79.9. The Morgan fingerprint density at radius 1 is 0.800 bits per heavy atom. The maximum absolute atomic E-state index is 9.67. The van der Waals surface area contributed by atoms with Crippen molar-refractivity contribution in [1.29, 1.82) is 5.26 Å². The monoisotopic (exact) mass is 383 g/mol. The second-order valence-electron chi connectivity index (χ2n) is 5.91. The van der Waals surface area contributed by atoms with E-state index in [-0.39, 0.29) is 0 Å². The van der Waals surface area contributed by atoms with E-state index < -0.39 is 0 Å². The summed E-state index contributed by atoms with van der Waals surface area (Å²) in [5.74, 6) is 0. The molecule has 0 bridgehead atoms. The molecule has 1 nitrogen and oxygen atoms in total. The Kier molecular flexibility index (Phi) is 4.09. The zero-order valence-electron chi connectivity index (χ0n) is 13.4. The summed E-state index contributed by atoms with van der Waals surface area (Å²) in [7, 11) is 0. The van der Waals surface area contributed by atoms with E-state index in [1.807, 2.05) is 36.4 Å². The summed E-state index contributed by atoms with van der Waals surface area (Å²) in [6.45, 7) is 0. The van der Waals surface area contributed by atoms with Gasteiger partial charge in [-0.15, -0.1) is 0 Å². The van der Waals surface area contributed by atoms with Crippen LogP contribution in [-0.4, -0.2) is 0 Å². The molecule has 118 valence electrons. The highest BCUT2D eigenvalue weighted by Crippen LogP contribution is 2.31. The number of hydrogen-bond donors (Lipinski definition) is 0. The third-order valence-corrected chi connectivity index (χ3v) is 4.91. The van der Waals surface area contributed by atoms with Gasteiger partial charge in [0.15, 0.2) is 0 Å². The van der Waals surface area contributed by atoms with E-state index in [0.29, 0.717) is 5.57 Å². The first kappa shape index (κ1) is 15.6. The summed E-state index contributed by atoms with van der Waals surface area (Å²) >= 11 is 3.44. The Labute approximate surface area is 155 Å². The normalized spacial score (nSPS) is 11.6. The number of benzene rings is 4. The lowest BCUT2D eigenvalue weighted by atomic mass is 9.95. The lowest BCUT2D eigenvalue weighted by Gasteiger charge is -2.08. The second-order valence-corrected chi connectivity index (χ2v) is 6.82. The Bertz CT molecular complexity index is 1150. The molecule has 25 heavy (non-hydrogen) atoms. The van der Waals surface area contributed by atoms with E-state index in [1.165, 1.54) is 21.5 Å². The molecule has 4 aromatic rings. The van der Waals surface area contributed by atoms with Crippen molar-refractivity contribution in [3.8, 4) is 6.07 Å². The quantitative estimate of drug-likeness (QED) is 0.211. The van der Waals surface area contributed by atoms with Crippen molar-refractivity contribution in [2.75, 3.05) is 0 Å². The molecule has 0 aromatic heterocycles. The van der Waals surface area contributed by atoms with Gasteiger partial charge in [0.05, 0.1) is 11.6 Å². The molecule has 0 spiro atoms. The van der Waals surface area contributed by atoms with Crippen molar-refractivity contribution in [1.82, 2.24) is 0 Å². The number of fused-ring (bicyclic) bond motifs is 3. The number of halogens is 1. The van der Waals surface area contributed by atoms with Gasteiger partial charge in [-0.3, -0.25) is 0 Å². The Morgan fingerprint density at radius 3 is 2.32 bits per heavy atom. The third kappa shape index (κ3) is 2.95. The smallest absolute Gasteiger partial charge is 0.0998 e. The topological polar surface area (TPSA) is 23.8 Å². The number of rotatable bonds is 2. The highest BCUT2D eigenvalue weighted by Gasteiger charge is 2.07. The van der Waals surface area contributed by atoms with Gasteiger partial charge in [-0.1, -0.05) is 82.7 Å². The fraction of sp³-hybridized carbons (Fsp3) is 0.